The van der Waals surface area contributed by atoms with E-state index in [9.17, 15) is 4.39 Å². The van der Waals surface area contributed by atoms with E-state index in [4.69, 9.17) is 0 Å². The summed E-state index contributed by atoms with van der Waals surface area (Å²) in [7, 11) is 0. The molecule has 0 radical (unpaired) electrons. The van der Waals surface area contributed by atoms with Crippen molar-refractivity contribution in [1.82, 2.24) is 15.0 Å². The summed E-state index contributed by atoms with van der Waals surface area (Å²) in [6.45, 7) is 0. The van der Waals surface area contributed by atoms with Crippen molar-refractivity contribution in [2.45, 2.75) is 0 Å². The molecule has 0 bridgehead atoms. The van der Waals surface area contributed by atoms with Crippen LogP contribution in [-0.2, 0) is 0 Å². The first-order valence-electron chi connectivity index (χ1n) is 5.62. The highest BCUT2D eigenvalue weighted by molar-refractivity contribution is 6.18. The fourth-order valence-corrected chi connectivity index (χ4v) is 2.41. The summed E-state index contributed by atoms with van der Waals surface area (Å²) in [5.74, 6) is -0.241. The number of hydrogen-bond acceptors (Lipinski definition) is 2. The van der Waals surface area contributed by atoms with Crippen LogP contribution in [0.25, 0.3) is 32.7 Å². The van der Waals surface area contributed by atoms with E-state index in [-0.39, 0.29) is 5.82 Å². The number of nitrogens with one attached hydrogen (secondary N) is 1. The molecule has 4 rings (SSSR count). The van der Waals surface area contributed by atoms with Crippen LogP contribution in [0.1, 0.15) is 0 Å². The molecule has 2 aromatic heterocycles. The number of aromatic amines is 1. The normalized spacial score (nSPS) is 11.6. The van der Waals surface area contributed by atoms with E-state index in [1.807, 2.05) is 12.1 Å². The lowest BCUT2D eigenvalue weighted by atomic mass is 10.1. The van der Waals surface area contributed by atoms with Gasteiger partial charge >= 0.3 is 0 Å². The number of fused-ring (bicyclic) bond motifs is 5. The number of rotatable bonds is 0. The van der Waals surface area contributed by atoms with Gasteiger partial charge in [-0.2, -0.15) is 0 Å². The number of nitrogens with zero attached hydrogens (tertiary/aromatic N) is 2. The van der Waals surface area contributed by atoms with Gasteiger partial charge in [0.2, 0.25) is 0 Å². The number of H-pyrrole nitrogens is 1. The minimum absolute atomic E-state index is 0.241. The molecule has 2 heterocycles. The van der Waals surface area contributed by atoms with Crippen LogP contribution in [0.4, 0.5) is 4.39 Å². The maximum atomic E-state index is 13.4. The van der Waals surface area contributed by atoms with E-state index in [1.165, 1.54) is 18.5 Å². The van der Waals surface area contributed by atoms with Crippen LogP contribution >= 0.6 is 0 Å². The molecule has 0 fully saturated rings. The van der Waals surface area contributed by atoms with Crippen LogP contribution in [0.3, 0.4) is 0 Å². The quantitative estimate of drug-likeness (QED) is 0.509. The molecule has 18 heavy (non-hydrogen) atoms. The molecule has 0 amide bonds. The van der Waals surface area contributed by atoms with Crippen LogP contribution in [0, 0.1) is 5.82 Å². The number of hydrogen-bond donors (Lipinski definition) is 1. The highest BCUT2D eigenvalue weighted by Crippen LogP contribution is 2.30. The molecule has 0 saturated heterocycles. The largest absolute Gasteiger partial charge is 0.354 e. The van der Waals surface area contributed by atoms with E-state index >= 15 is 0 Å². The van der Waals surface area contributed by atoms with E-state index in [0.29, 0.717) is 0 Å². The maximum Gasteiger partial charge on any atom is 0.123 e. The summed E-state index contributed by atoms with van der Waals surface area (Å²) in [6.07, 6.45) is 3.28. The lowest BCUT2D eigenvalue weighted by Crippen LogP contribution is -1.81. The Morgan fingerprint density at radius 2 is 1.94 bits per heavy atom. The SMILES string of the molecule is Fc1ccc2[nH]c3ccc4cncnc4c3c2c1. The lowest BCUT2D eigenvalue weighted by molar-refractivity contribution is 0.630. The van der Waals surface area contributed by atoms with Crippen LogP contribution in [-0.4, -0.2) is 15.0 Å². The average molecular weight is 237 g/mol. The van der Waals surface area contributed by atoms with Crippen molar-refractivity contribution in [3.8, 4) is 0 Å². The van der Waals surface area contributed by atoms with Gasteiger partial charge in [-0.05, 0) is 30.3 Å². The van der Waals surface area contributed by atoms with Crippen LogP contribution < -0.4 is 0 Å². The van der Waals surface area contributed by atoms with Crippen molar-refractivity contribution < 1.29 is 4.39 Å². The fraction of sp³-hybridized carbons (Fsp3) is 0. The van der Waals surface area contributed by atoms with Gasteiger partial charge < -0.3 is 4.98 Å². The van der Waals surface area contributed by atoms with Gasteiger partial charge in [0.1, 0.15) is 12.1 Å². The summed E-state index contributed by atoms with van der Waals surface area (Å²) >= 11 is 0. The van der Waals surface area contributed by atoms with E-state index in [0.717, 1.165) is 32.7 Å². The van der Waals surface area contributed by atoms with Gasteiger partial charge in [0.25, 0.3) is 0 Å². The fourth-order valence-electron chi connectivity index (χ4n) is 2.41. The average Bonchev–Trinajstić information content (AvgIpc) is 2.77. The third-order valence-corrected chi connectivity index (χ3v) is 3.20. The molecule has 0 spiro atoms. The zero-order chi connectivity index (χ0) is 12.1. The van der Waals surface area contributed by atoms with E-state index in [2.05, 4.69) is 15.0 Å². The summed E-state index contributed by atoms with van der Waals surface area (Å²) < 4.78 is 13.4. The molecule has 0 atom stereocenters. The van der Waals surface area contributed by atoms with Gasteiger partial charge in [-0.3, -0.25) is 0 Å². The van der Waals surface area contributed by atoms with Gasteiger partial charge in [0, 0.05) is 33.4 Å². The zero-order valence-electron chi connectivity index (χ0n) is 9.31. The number of benzene rings is 2. The molecular formula is C14H8FN3. The Balaban J connectivity index is 2.35. The van der Waals surface area contributed by atoms with Crippen molar-refractivity contribution >= 4 is 32.7 Å². The van der Waals surface area contributed by atoms with Gasteiger partial charge in [0.15, 0.2) is 0 Å². The van der Waals surface area contributed by atoms with Gasteiger partial charge in [-0.15, -0.1) is 0 Å². The van der Waals surface area contributed by atoms with Gasteiger partial charge in [0.05, 0.1) is 5.52 Å². The van der Waals surface area contributed by atoms with Crippen molar-refractivity contribution in [2.75, 3.05) is 0 Å². The van der Waals surface area contributed by atoms with Gasteiger partial charge in [-0.25, -0.2) is 14.4 Å². The molecular weight excluding hydrogens is 229 g/mol. The highest BCUT2D eigenvalue weighted by atomic mass is 19.1. The summed E-state index contributed by atoms with van der Waals surface area (Å²) in [4.78, 5) is 11.6. The number of halogens is 1. The van der Waals surface area contributed by atoms with E-state index in [1.54, 1.807) is 12.3 Å². The summed E-state index contributed by atoms with van der Waals surface area (Å²) in [6, 6.07) is 8.67. The zero-order valence-corrected chi connectivity index (χ0v) is 9.31. The molecule has 86 valence electrons. The number of aromatic nitrogens is 3. The van der Waals surface area contributed by atoms with Gasteiger partial charge in [-0.1, -0.05) is 0 Å². The first kappa shape index (κ1) is 9.53. The van der Waals surface area contributed by atoms with Crippen molar-refractivity contribution in [3.63, 3.8) is 0 Å². The first-order chi connectivity index (χ1) is 8.83. The second-order valence-corrected chi connectivity index (χ2v) is 4.26. The third-order valence-electron chi connectivity index (χ3n) is 3.20. The van der Waals surface area contributed by atoms with E-state index < -0.39 is 0 Å². The third kappa shape index (κ3) is 1.17. The first-order valence-corrected chi connectivity index (χ1v) is 5.62. The molecule has 4 aromatic rings. The van der Waals surface area contributed by atoms with Crippen molar-refractivity contribution in [2.24, 2.45) is 0 Å². The molecule has 3 nitrogen and oxygen atoms in total. The monoisotopic (exact) mass is 237 g/mol. The Morgan fingerprint density at radius 1 is 1.06 bits per heavy atom. The predicted molar refractivity (Wildman–Crippen MR) is 68.9 cm³/mol. The Hall–Kier alpha value is -2.49. The smallest absolute Gasteiger partial charge is 0.123 e. The topological polar surface area (TPSA) is 41.6 Å². The molecule has 0 aliphatic rings. The van der Waals surface area contributed by atoms with Crippen LogP contribution in [0.15, 0.2) is 42.9 Å². The van der Waals surface area contributed by atoms with Crippen molar-refractivity contribution in [3.05, 3.63) is 48.7 Å². The second kappa shape index (κ2) is 3.26. The van der Waals surface area contributed by atoms with Crippen LogP contribution in [0.5, 0.6) is 0 Å². The standard InChI is InChI=1S/C14H8FN3/c15-9-2-4-11-10(5-9)13-12(18-11)3-1-8-6-16-7-17-14(8)13/h1-7,18H. The van der Waals surface area contributed by atoms with Crippen LogP contribution in [0.2, 0.25) is 0 Å². The van der Waals surface area contributed by atoms with Crippen molar-refractivity contribution in [1.29, 1.82) is 0 Å². The highest BCUT2D eigenvalue weighted by Gasteiger charge is 2.09. The maximum absolute atomic E-state index is 13.4. The molecule has 1 N–H and O–H groups in total. The Morgan fingerprint density at radius 3 is 2.89 bits per heavy atom. The lowest BCUT2D eigenvalue weighted by Gasteiger charge is -1.98. The Kier molecular flexibility index (Phi) is 1.73. The minimum atomic E-state index is -0.241. The Labute approximate surface area is 101 Å². The molecule has 0 saturated carbocycles. The molecule has 0 aliphatic heterocycles. The Bertz CT molecular complexity index is 895. The second-order valence-electron chi connectivity index (χ2n) is 4.26. The molecule has 4 heteroatoms. The minimum Gasteiger partial charge on any atom is -0.354 e. The molecule has 0 aliphatic carbocycles. The predicted octanol–water partition coefficient (Wildman–Crippen LogP) is 3.40. The molecule has 2 aromatic carbocycles. The molecule has 0 unspecified atom stereocenters. The summed E-state index contributed by atoms with van der Waals surface area (Å²) in [5, 5.41) is 2.76. The summed E-state index contributed by atoms with van der Waals surface area (Å²) in [5.41, 5.74) is 2.72.